The summed E-state index contributed by atoms with van der Waals surface area (Å²) in [6.45, 7) is 0. The molecule has 0 bridgehead atoms. The first kappa shape index (κ1) is 26.2. The maximum Gasteiger partial charge on any atom is 0.166 e. The summed E-state index contributed by atoms with van der Waals surface area (Å²) >= 11 is 25.2. The molecule has 0 fully saturated rings. The highest BCUT2D eigenvalue weighted by atomic mass is 33.2. The van der Waals surface area contributed by atoms with E-state index in [0.29, 0.717) is 0 Å². The predicted octanol–water partition coefficient (Wildman–Crippen LogP) is 7.00. The maximum atomic E-state index is 6.33. The second kappa shape index (κ2) is 10.5. The summed E-state index contributed by atoms with van der Waals surface area (Å²) in [5, 5.41) is 2.10. The molecule has 2 atom stereocenters. The Kier molecular flexibility index (Phi) is 7.25. The van der Waals surface area contributed by atoms with Crippen molar-refractivity contribution in [3.63, 3.8) is 0 Å². The molecule has 0 amide bonds. The van der Waals surface area contributed by atoms with Crippen molar-refractivity contribution in [1.29, 1.82) is 0 Å². The van der Waals surface area contributed by atoms with E-state index in [9.17, 15) is 0 Å². The lowest BCUT2D eigenvalue weighted by Gasteiger charge is -2.42. The van der Waals surface area contributed by atoms with Crippen LogP contribution in [0.15, 0.2) is 115 Å². The Morgan fingerprint density at radius 3 is 1.71 bits per heavy atom. The number of rotatable bonds is 0. The van der Waals surface area contributed by atoms with Gasteiger partial charge in [-0.3, -0.25) is 4.34 Å². The van der Waals surface area contributed by atoms with Gasteiger partial charge >= 0.3 is 0 Å². The van der Waals surface area contributed by atoms with Gasteiger partial charge in [0.05, 0.1) is 22.3 Å². The normalized spacial score (nSPS) is 20.4. The van der Waals surface area contributed by atoms with Gasteiger partial charge in [0.15, 0.2) is 30.5 Å². The van der Waals surface area contributed by atoms with E-state index in [1.807, 2.05) is 91.5 Å². The number of aromatic nitrogens is 4. The Morgan fingerprint density at radius 2 is 1.18 bits per heavy atom. The molecule has 190 valence electrons. The van der Waals surface area contributed by atoms with Crippen LogP contribution in [0, 0.1) is 0 Å². The van der Waals surface area contributed by atoms with Crippen LogP contribution < -0.4 is 14.5 Å². The zero-order valence-corrected chi connectivity index (χ0v) is 25.5. The lowest BCUT2D eigenvalue weighted by atomic mass is 10.2. The minimum Gasteiger partial charge on any atom is -0.715 e. The van der Waals surface area contributed by atoms with Gasteiger partial charge in [-0.05, 0) is 22.8 Å². The van der Waals surface area contributed by atoms with Gasteiger partial charge in [0.2, 0.25) is 0 Å². The topological polar surface area (TPSA) is 47.4 Å². The van der Waals surface area contributed by atoms with Gasteiger partial charge in [-0.25, -0.2) is 9.97 Å². The SMILES string of the molecule is S=P1([S-])Oc2c3n(c4ccccc24)P(=S)([S-])Sc2c-3n1c1ccccc21.c1cc[nH+]cc1.c1cc[nH+]cc1. The number of para-hydroxylation sites is 2. The van der Waals surface area contributed by atoms with Gasteiger partial charge < -0.3 is 33.4 Å². The molecule has 5 nitrogen and oxygen atoms in total. The molecule has 0 aliphatic carbocycles. The summed E-state index contributed by atoms with van der Waals surface area (Å²) in [5.74, 6) is 0.759. The molecular weight excluding hydrogens is 607 g/mol. The number of nitrogens with zero attached hydrogens (tertiary/aromatic N) is 2. The molecule has 0 saturated heterocycles. The van der Waals surface area contributed by atoms with Crippen molar-refractivity contribution in [2.45, 2.75) is 4.90 Å². The largest absolute Gasteiger partial charge is 0.715 e. The van der Waals surface area contributed by atoms with Gasteiger partial charge in [0.1, 0.15) is 5.69 Å². The Morgan fingerprint density at radius 1 is 0.658 bits per heavy atom. The van der Waals surface area contributed by atoms with Crippen molar-refractivity contribution in [2.75, 3.05) is 0 Å². The van der Waals surface area contributed by atoms with Crippen LogP contribution in [0.3, 0.4) is 0 Å². The first-order valence-electron chi connectivity index (χ1n) is 11.5. The predicted molar refractivity (Wildman–Crippen MR) is 169 cm³/mol. The molecule has 0 radical (unpaired) electrons. The Labute approximate surface area is 244 Å². The fourth-order valence-corrected chi connectivity index (χ4v) is 13.5. The number of pyridine rings is 2. The monoisotopic (exact) mass is 626 g/mol. The Balaban J connectivity index is 0.000000182. The standard InChI is InChI=1S/C16H10N2OP2S5.2C5H5N/c22-20(23)17-12-8-4-2-6-10(12)16-14(17)13-15(19-20)9-5-1-3-7-11(9)18(13)21(24,25)26-16;2*1-2-4-6-5-3-1/h1-8H,(H,22,23)(H,24,25);2*1-5H. The van der Waals surface area contributed by atoms with E-state index in [1.54, 1.807) is 11.4 Å². The van der Waals surface area contributed by atoms with Crippen molar-refractivity contribution >= 4 is 91.5 Å². The second-order valence-electron chi connectivity index (χ2n) is 8.29. The van der Waals surface area contributed by atoms with Crippen molar-refractivity contribution in [3.8, 4) is 17.1 Å². The number of hydrogen-bond acceptors (Lipinski definition) is 6. The zero-order valence-electron chi connectivity index (χ0n) is 19.6. The molecule has 2 N–H and O–H groups in total. The van der Waals surface area contributed by atoms with Crippen molar-refractivity contribution in [2.24, 2.45) is 0 Å². The van der Waals surface area contributed by atoms with Crippen LogP contribution in [0.2, 0.25) is 0 Å². The molecule has 38 heavy (non-hydrogen) atoms. The third-order valence-corrected chi connectivity index (χ3v) is 14.5. The summed E-state index contributed by atoms with van der Waals surface area (Å²) in [6.07, 6.45) is 7.50. The van der Waals surface area contributed by atoms with E-state index in [4.69, 9.17) is 52.6 Å². The number of hydrogen-bond donors (Lipinski definition) is 0. The third-order valence-electron chi connectivity index (χ3n) is 5.95. The van der Waals surface area contributed by atoms with Gasteiger partial charge in [-0.2, -0.15) is 0 Å². The molecule has 2 aromatic carbocycles. The summed E-state index contributed by atoms with van der Waals surface area (Å²) in [6, 6.07) is 28.0. The number of fused-ring (bicyclic) bond motifs is 6. The number of benzene rings is 2. The molecule has 8 rings (SSSR count). The minimum absolute atomic E-state index is 0.759. The van der Waals surface area contributed by atoms with Crippen molar-refractivity contribution < 1.29 is 14.5 Å². The highest BCUT2D eigenvalue weighted by Crippen LogP contribution is 2.75. The van der Waals surface area contributed by atoms with Gasteiger partial charge in [0.25, 0.3) is 0 Å². The summed E-state index contributed by atoms with van der Waals surface area (Å²) in [4.78, 5) is 6.89. The van der Waals surface area contributed by atoms with E-state index in [2.05, 4.69) is 36.8 Å². The van der Waals surface area contributed by atoms with Crippen LogP contribution in [-0.4, -0.2) is 8.68 Å². The highest BCUT2D eigenvalue weighted by Gasteiger charge is 2.39. The quantitative estimate of drug-likeness (QED) is 0.134. The smallest absolute Gasteiger partial charge is 0.166 e. The van der Waals surface area contributed by atoms with E-state index in [-0.39, 0.29) is 0 Å². The van der Waals surface area contributed by atoms with Gasteiger partial charge in [-0.1, -0.05) is 77.5 Å². The average Bonchev–Trinajstić information content (AvgIpc) is 3.45. The lowest BCUT2D eigenvalue weighted by molar-refractivity contribution is -0.378. The van der Waals surface area contributed by atoms with E-state index in [0.717, 1.165) is 43.8 Å². The zero-order chi connectivity index (χ0) is 26.3. The molecule has 4 aromatic heterocycles. The van der Waals surface area contributed by atoms with Gasteiger partial charge in [-0.15, -0.1) is 0 Å². The van der Waals surface area contributed by atoms with Crippen molar-refractivity contribution in [1.82, 2.24) is 8.68 Å². The summed E-state index contributed by atoms with van der Waals surface area (Å²) in [5.41, 5.74) is 1.34. The first-order valence-corrected chi connectivity index (χ1v) is 20.4. The van der Waals surface area contributed by atoms with E-state index >= 15 is 0 Å². The van der Waals surface area contributed by atoms with Crippen LogP contribution in [0.4, 0.5) is 0 Å². The fraction of sp³-hybridized carbons (Fsp3) is 0. The van der Waals surface area contributed by atoms with Crippen LogP contribution in [0.5, 0.6) is 5.75 Å². The van der Waals surface area contributed by atoms with Crippen molar-refractivity contribution in [3.05, 3.63) is 110 Å². The molecule has 0 saturated carbocycles. The highest BCUT2D eigenvalue weighted by molar-refractivity contribution is 8.92. The van der Waals surface area contributed by atoms with E-state index in [1.165, 1.54) is 0 Å². The Bertz CT molecular complexity index is 1680. The number of H-pyrrole nitrogens is 2. The Hall–Kier alpha value is -2.03. The molecule has 0 spiro atoms. The minimum atomic E-state index is -2.68. The summed E-state index contributed by atoms with van der Waals surface area (Å²) in [7, 11) is 0. The molecular formula is C26H20N4OP2S5. The maximum absolute atomic E-state index is 6.33. The molecule has 2 aliphatic rings. The van der Waals surface area contributed by atoms with Crippen LogP contribution in [0.1, 0.15) is 0 Å². The number of aromatic amines is 2. The molecule has 12 heteroatoms. The first-order chi connectivity index (χ1) is 18.4. The molecule has 6 aromatic rings. The van der Waals surface area contributed by atoms with Gasteiger partial charge in [0, 0.05) is 39.9 Å². The van der Waals surface area contributed by atoms with Crippen LogP contribution in [0.25, 0.3) is 33.2 Å². The van der Waals surface area contributed by atoms with Crippen LogP contribution in [-0.2, 0) is 48.1 Å². The van der Waals surface area contributed by atoms with E-state index < -0.39 is 10.2 Å². The fourth-order valence-electron chi connectivity index (χ4n) is 4.49. The number of nitrogens with one attached hydrogen (secondary N) is 2. The average molecular weight is 627 g/mol. The molecule has 6 heterocycles. The lowest BCUT2D eigenvalue weighted by Crippen LogP contribution is -2.12. The van der Waals surface area contributed by atoms with Crippen LogP contribution >= 0.6 is 21.6 Å². The third kappa shape index (κ3) is 4.56. The molecule has 2 unspecified atom stereocenters. The molecule has 2 aliphatic heterocycles. The summed E-state index contributed by atoms with van der Waals surface area (Å²) < 4.78 is 8.18. The second-order valence-corrected chi connectivity index (χ2v) is 22.8.